The molecule has 1 aromatic heterocycles. The van der Waals surface area contributed by atoms with Crippen LogP contribution >= 0.6 is 0 Å². The van der Waals surface area contributed by atoms with Gasteiger partial charge < -0.3 is 19.7 Å². The number of benzene rings is 1. The van der Waals surface area contributed by atoms with Crippen molar-refractivity contribution in [2.45, 2.75) is 13.0 Å². The van der Waals surface area contributed by atoms with E-state index in [-0.39, 0.29) is 5.75 Å². The summed E-state index contributed by atoms with van der Waals surface area (Å²) in [6, 6.07) is 7.55. The number of methoxy groups -OCH3 is 1. The van der Waals surface area contributed by atoms with Crippen LogP contribution in [0.4, 0.5) is 19.0 Å². The first-order valence-electron chi connectivity index (χ1n) is 7.86. The largest absolute Gasteiger partial charge is 0.573 e. The van der Waals surface area contributed by atoms with Crippen molar-refractivity contribution in [2.75, 3.05) is 38.2 Å². The molecule has 0 spiro atoms. The van der Waals surface area contributed by atoms with Gasteiger partial charge in [-0.2, -0.15) is 0 Å². The summed E-state index contributed by atoms with van der Waals surface area (Å²) >= 11 is 0. The van der Waals surface area contributed by atoms with Crippen molar-refractivity contribution in [1.29, 1.82) is 0 Å². The third-order valence-corrected chi connectivity index (χ3v) is 3.82. The molecule has 136 valence electrons. The molecule has 1 aromatic carbocycles. The lowest BCUT2D eigenvalue weighted by atomic mass is 10.3. The number of ether oxygens (including phenoxy) is 2. The van der Waals surface area contributed by atoms with E-state index in [1.54, 1.807) is 11.8 Å². The Morgan fingerprint density at radius 3 is 2.44 bits per heavy atom. The van der Waals surface area contributed by atoms with Gasteiger partial charge in [-0.1, -0.05) is 0 Å². The summed E-state index contributed by atoms with van der Waals surface area (Å²) in [6.45, 7) is 3.81. The Morgan fingerprint density at radius 1 is 1.16 bits per heavy atom. The number of hydrogen-bond acceptors (Lipinski definition) is 5. The van der Waals surface area contributed by atoms with Crippen molar-refractivity contribution in [3.05, 3.63) is 36.0 Å². The van der Waals surface area contributed by atoms with Crippen molar-refractivity contribution in [3.63, 3.8) is 0 Å². The van der Waals surface area contributed by atoms with E-state index in [0.717, 1.165) is 37.7 Å². The first-order valence-corrected chi connectivity index (χ1v) is 7.86. The average molecular weight is 356 g/mol. The third-order valence-electron chi connectivity index (χ3n) is 3.82. The minimum Gasteiger partial charge on any atom is -0.406 e. The van der Waals surface area contributed by atoms with Crippen molar-refractivity contribution in [3.8, 4) is 11.4 Å². The van der Waals surface area contributed by atoms with Gasteiger partial charge in [-0.25, -0.2) is 4.68 Å². The van der Waals surface area contributed by atoms with Gasteiger partial charge in [0.1, 0.15) is 5.75 Å². The van der Waals surface area contributed by atoms with Crippen LogP contribution in [-0.4, -0.2) is 49.4 Å². The first-order chi connectivity index (χ1) is 12.0. The predicted molar refractivity (Wildman–Crippen MR) is 86.0 cm³/mol. The Hall–Kier alpha value is -2.26. The van der Waals surface area contributed by atoms with Gasteiger partial charge in [0.05, 0.1) is 18.0 Å². The molecule has 0 amide bonds. The molecule has 0 radical (unpaired) electrons. The fraction of sp³-hybridized carbons (Fsp3) is 0.438. The van der Waals surface area contributed by atoms with E-state index < -0.39 is 6.36 Å². The molecule has 0 atom stereocenters. The van der Waals surface area contributed by atoms with E-state index in [9.17, 15) is 13.2 Å². The molecule has 25 heavy (non-hydrogen) atoms. The van der Waals surface area contributed by atoms with Crippen LogP contribution in [0.3, 0.4) is 0 Å². The molecular weight excluding hydrogens is 337 g/mol. The highest BCUT2D eigenvalue weighted by atomic mass is 19.4. The van der Waals surface area contributed by atoms with E-state index >= 15 is 0 Å². The molecule has 1 saturated heterocycles. The Balaban J connectivity index is 1.85. The standard InChI is InChI=1S/C16H19F3N4O2/c1-24-11-13-10-15(22-8-6-20-7-9-22)21-23(13)12-2-4-14(5-3-12)25-16(17,18)19/h2-5,10,20H,6-9,11H2,1H3. The number of nitrogens with zero attached hydrogens (tertiary/aromatic N) is 3. The van der Waals surface area contributed by atoms with Crippen LogP contribution in [0, 0.1) is 0 Å². The molecular formula is C16H19F3N4O2. The number of halogens is 3. The summed E-state index contributed by atoms with van der Waals surface area (Å²) < 4.78 is 47.6. The molecule has 1 aliphatic rings. The van der Waals surface area contributed by atoms with E-state index in [0.29, 0.717) is 12.3 Å². The average Bonchev–Trinajstić information content (AvgIpc) is 2.99. The molecule has 2 aromatic rings. The highest BCUT2D eigenvalue weighted by Gasteiger charge is 2.31. The molecule has 2 heterocycles. The second kappa shape index (κ2) is 7.32. The van der Waals surface area contributed by atoms with Crippen LogP contribution in [0.25, 0.3) is 5.69 Å². The van der Waals surface area contributed by atoms with Crippen LogP contribution in [-0.2, 0) is 11.3 Å². The lowest BCUT2D eigenvalue weighted by Gasteiger charge is -2.27. The van der Waals surface area contributed by atoms with Gasteiger partial charge in [0.25, 0.3) is 0 Å². The molecule has 1 aliphatic heterocycles. The Morgan fingerprint density at radius 2 is 1.84 bits per heavy atom. The molecule has 3 rings (SSSR count). The number of piperazine rings is 1. The molecule has 1 N–H and O–H groups in total. The normalized spacial score (nSPS) is 15.4. The summed E-state index contributed by atoms with van der Waals surface area (Å²) in [6.07, 6.45) is -4.70. The number of nitrogens with one attached hydrogen (secondary N) is 1. The van der Waals surface area contributed by atoms with Crippen LogP contribution in [0.15, 0.2) is 30.3 Å². The Kier molecular flexibility index (Phi) is 5.14. The van der Waals surface area contributed by atoms with Crippen LogP contribution in [0.2, 0.25) is 0 Å². The topological polar surface area (TPSA) is 51.5 Å². The van der Waals surface area contributed by atoms with Crippen molar-refractivity contribution in [2.24, 2.45) is 0 Å². The van der Waals surface area contributed by atoms with Crippen molar-refractivity contribution < 1.29 is 22.6 Å². The van der Waals surface area contributed by atoms with E-state index in [1.807, 2.05) is 6.07 Å². The maximum absolute atomic E-state index is 12.3. The Labute approximate surface area is 143 Å². The zero-order chi connectivity index (χ0) is 17.9. The van der Waals surface area contributed by atoms with Gasteiger partial charge in [0.15, 0.2) is 5.82 Å². The number of anilines is 1. The van der Waals surface area contributed by atoms with Gasteiger partial charge in [-0.05, 0) is 24.3 Å². The quantitative estimate of drug-likeness (QED) is 0.891. The summed E-state index contributed by atoms with van der Waals surface area (Å²) in [5, 5.41) is 7.88. The van der Waals surface area contributed by atoms with Gasteiger partial charge in [-0.3, -0.25) is 0 Å². The van der Waals surface area contributed by atoms with Crippen molar-refractivity contribution in [1.82, 2.24) is 15.1 Å². The summed E-state index contributed by atoms with van der Waals surface area (Å²) in [7, 11) is 1.59. The van der Waals surface area contributed by atoms with Crippen LogP contribution < -0.4 is 15.0 Å². The van der Waals surface area contributed by atoms with Gasteiger partial charge in [0, 0.05) is 39.4 Å². The monoisotopic (exact) mass is 356 g/mol. The second-order valence-electron chi connectivity index (χ2n) is 5.62. The maximum Gasteiger partial charge on any atom is 0.573 e. The van der Waals surface area contributed by atoms with Crippen molar-refractivity contribution >= 4 is 5.82 Å². The molecule has 1 fully saturated rings. The lowest BCUT2D eigenvalue weighted by molar-refractivity contribution is -0.274. The summed E-state index contributed by atoms with van der Waals surface area (Å²) in [4.78, 5) is 2.16. The summed E-state index contributed by atoms with van der Waals surface area (Å²) in [5.41, 5.74) is 1.46. The smallest absolute Gasteiger partial charge is 0.406 e. The zero-order valence-corrected chi connectivity index (χ0v) is 13.7. The molecule has 9 heteroatoms. The molecule has 0 saturated carbocycles. The number of hydrogen-bond donors (Lipinski definition) is 1. The molecule has 0 bridgehead atoms. The fourth-order valence-electron chi connectivity index (χ4n) is 2.72. The fourth-order valence-corrected chi connectivity index (χ4v) is 2.72. The SMILES string of the molecule is COCc1cc(N2CCNCC2)nn1-c1ccc(OC(F)(F)F)cc1. The van der Waals surface area contributed by atoms with E-state index in [2.05, 4.69) is 20.1 Å². The van der Waals surface area contributed by atoms with Gasteiger partial charge >= 0.3 is 6.36 Å². The molecule has 6 nitrogen and oxygen atoms in total. The summed E-state index contributed by atoms with van der Waals surface area (Å²) in [5.74, 6) is 0.559. The van der Waals surface area contributed by atoms with E-state index in [4.69, 9.17) is 4.74 Å². The minimum absolute atomic E-state index is 0.265. The lowest BCUT2D eigenvalue weighted by Crippen LogP contribution is -2.43. The van der Waals surface area contributed by atoms with Crippen LogP contribution in [0.1, 0.15) is 5.69 Å². The predicted octanol–water partition coefficient (Wildman–Crippen LogP) is 2.33. The number of alkyl halides is 3. The highest BCUT2D eigenvalue weighted by Crippen LogP contribution is 2.25. The molecule has 0 unspecified atom stereocenters. The maximum atomic E-state index is 12.3. The highest BCUT2D eigenvalue weighted by molar-refractivity contribution is 5.45. The van der Waals surface area contributed by atoms with E-state index in [1.165, 1.54) is 24.3 Å². The molecule has 0 aliphatic carbocycles. The minimum atomic E-state index is -4.70. The third kappa shape index (κ3) is 4.43. The number of rotatable bonds is 5. The zero-order valence-electron chi connectivity index (χ0n) is 13.7. The van der Waals surface area contributed by atoms with Crippen LogP contribution in [0.5, 0.6) is 5.75 Å². The van der Waals surface area contributed by atoms with Gasteiger partial charge in [-0.15, -0.1) is 18.3 Å². The number of aromatic nitrogens is 2. The van der Waals surface area contributed by atoms with Gasteiger partial charge in [0.2, 0.25) is 0 Å². The second-order valence-corrected chi connectivity index (χ2v) is 5.62. The first kappa shape index (κ1) is 17.6. The Bertz CT molecular complexity index is 694.